The van der Waals surface area contributed by atoms with Crippen molar-refractivity contribution in [2.75, 3.05) is 19.6 Å². The number of hydrogen-bond acceptors (Lipinski definition) is 8. The molecule has 11 nitrogen and oxygen atoms in total. The summed E-state index contributed by atoms with van der Waals surface area (Å²) in [4.78, 5) is 26.8. The molecule has 0 heterocycles. The molecule has 2 amide bonds. The molecule has 49 heavy (non-hydrogen) atoms. The molecule has 0 spiro atoms. The first-order valence-corrected chi connectivity index (χ1v) is 17.8. The van der Waals surface area contributed by atoms with Gasteiger partial charge in [-0.05, 0) is 59.2 Å². The van der Waals surface area contributed by atoms with Crippen LogP contribution in [0, 0.1) is 17.7 Å². The van der Waals surface area contributed by atoms with E-state index in [1.165, 1.54) is 46.9 Å². The van der Waals surface area contributed by atoms with Crippen LogP contribution in [0.1, 0.15) is 50.8 Å². The van der Waals surface area contributed by atoms with Crippen molar-refractivity contribution in [1.82, 2.24) is 20.3 Å². The second-order valence-electron chi connectivity index (χ2n) is 12.6. The minimum atomic E-state index is -4.07. The number of nitrogens with one attached hydrogen (secondary N) is 3. The van der Waals surface area contributed by atoms with Crippen molar-refractivity contribution in [3.05, 3.63) is 101 Å². The highest BCUT2D eigenvalue weighted by molar-refractivity contribution is 7.89. The molecule has 0 saturated heterocycles. The van der Waals surface area contributed by atoms with Crippen molar-refractivity contribution in [3.8, 4) is 0 Å². The van der Waals surface area contributed by atoms with Crippen LogP contribution in [0.5, 0.6) is 0 Å². The molecule has 0 aromatic heterocycles. The number of benzene rings is 3. The molecule has 3 rings (SSSR count). The summed E-state index contributed by atoms with van der Waals surface area (Å²) >= 11 is 0. The predicted molar refractivity (Wildman–Crippen MR) is 187 cm³/mol. The van der Waals surface area contributed by atoms with E-state index in [0.29, 0.717) is 17.5 Å². The van der Waals surface area contributed by atoms with Crippen LogP contribution < -0.4 is 16.0 Å². The number of rotatable bonds is 19. The van der Waals surface area contributed by atoms with Gasteiger partial charge in [-0.1, -0.05) is 93.9 Å². The molecule has 0 fully saturated rings. The Morgan fingerprint density at radius 3 is 2.22 bits per heavy atom. The van der Waals surface area contributed by atoms with Crippen LogP contribution in [0.2, 0.25) is 0 Å². The van der Waals surface area contributed by atoms with Gasteiger partial charge in [0.2, 0.25) is 21.8 Å². The van der Waals surface area contributed by atoms with Crippen LogP contribution in [0.25, 0.3) is 0 Å². The Balaban J connectivity index is 1.81. The Labute approximate surface area is 288 Å². The zero-order valence-electron chi connectivity index (χ0n) is 28.4. The summed E-state index contributed by atoms with van der Waals surface area (Å²) in [6, 6.07) is 19.2. The summed E-state index contributed by atoms with van der Waals surface area (Å²) in [7, 11) is -4.07. The summed E-state index contributed by atoms with van der Waals surface area (Å²) in [5, 5.41) is 32.1. The molecule has 13 heteroatoms. The fourth-order valence-corrected chi connectivity index (χ4v) is 6.89. The van der Waals surface area contributed by atoms with Gasteiger partial charge in [0.1, 0.15) is 11.9 Å². The molecule has 0 unspecified atom stereocenters. The Morgan fingerprint density at radius 1 is 0.939 bits per heavy atom. The largest absolute Gasteiger partial charge is 0.411 e. The summed E-state index contributed by atoms with van der Waals surface area (Å²) in [5.74, 6) is -1.66. The van der Waals surface area contributed by atoms with E-state index in [9.17, 15) is 27.5 Å². The first-order valence-electron chi connectivity index (χ1n) is 16.4. The zero-order valence-corrected chi connectivity index (χ0v) is 29.2. The lowest BCUT2D eigenvalue weighted by molar-refractivity contribution is -0.131. The molecule has 4 atom stereocenters. The van der Waals surface area contributed by atoms with E-state index in [1.807, 2.05) is 58.0 Å². The van der Waals surface area contributed by atoms with Crippen LogP contribution in [-0.4, -0.2) is 78.9 Å². The molecule has 0 bridgehead atoms. The van der Waals surface area contributed by atoms with Gasteiger partial charge < -0.3 is 26.3 Å². The van der Waals surface area contributed by atoms with E-state index >= 15 is 0 Å². The second-order valence-corrected chi connectivity index (χ2v) is 14.5. The maximum Gasteiger partial charge on any atom is 0.243 e. The monoisotopic (exact) mass is 697 g/mol. The highest BCUT2D eigenvalue weighted by atomic mass is 32.2. The third-order valence-electron chi connectivity index (χ3n) is 8.09. The minimum absolute atomic E-state index is 0.00430. The Bertz CT molecular complexity index is 1620. The number of carbonyl (C=O) groups excluding carboxylic acids is 2. The summed E-state index contributed by atoms with van der Waals surface area (Å²) in [6.07, 6.45) is 0.639. The van der Waals surface area contributed by atoms with Gasteiger partial charge in [0.05, 0.1) is 29.8 Å². The maximum absolute atomic E-state index is 13.8. The lowest BCUT2D eigenvalue weighted by Crippen LogP contribution is -2.57. The molecule has 266 valence electrons. The molecule has 0 saturated carbocycles. The molecular weight excluding hydrogens is 649 g/mol. The fraction of sp³-hybridized carbons (Fsp3) is 0.417. The molecule has 0 radical (unpaired) electrons. The molecule has 5 N–H and O–H groups in total. The fourth-order valence-electron chi connectivity index (χ4n) is 5.27. The number of amides is 2. The number of nitrogens with zero attached hydrogens (tertiary/aromatic N) is 2. The summed E-state index contributed by atoms with van der Waals surface area (Å²) in [6.45, 7) is 7.42. The predicted octanol–water partition coefficient (Wildman–Crippen LogP) is 3.69. The zero-order chi connectivity index (χ0) is 36.0. The van der Waals surface area contributed by atoms with Gasteiger partial charge in [-0.2, -0.15) is 4.31 Å². The number of halogens is 1. The van der Waals surface area contributed by atoms with Crippen LogP contribution >= 0.6 is 0 Å². The Morgan fingerprint density at radius 2 is 1.61 bits per heavy atom. The van der Waals surface area contributed by atoms with Crippen molar-refractivity contribution in [1.29, 1.82) is 0 Å². The number of hydrogen-bond donors (Lipinski definition) is 5. The van der Waals surface area contributed by atoms with Gasteiger partial charge in [0.15, 0.2) is 0 Å². The quantitative estimate of drug-likeness (QED) is 0.0726. The van der Waals surface area contributed by atoms with Crippen molar-refractivity contribution < 1.29 is 32.7 Å². The second kappa shape index (κ2) is 19.1. The molecule has 0 aliphatic carbocycles. The van der Waals surface area contributed by atoms with Crippen molar-refractivity contribution in [2.45, 2.75) is 70.2 Å². The van der Waals surface area contributed by atoms with Crippen LogP contribution in [0.3, 0.4) is 0 Å². The number of aliphatic hydroxyl groups is 1. The molecular formula is C36H48FN5O6S. The van der Waals surface area contributed by atoms with Gasteiger partial charge in [0, 0.05) is 19.6 Å². The lowest BCUT2D eigenvalue weighted by Gasteiger charge is -2.32. The number of aliphatic hydroxyl groups excluding tert-OH is 1. The highest BCUT2D eigenvalue weighted by Gasteiger charge is 2.34. The Hall–Kier alpha value is -4.17. The van der Waals surface area contributed by atoms with E-state index in [-0.39, 0.29) is 55.1 Å². The van der Waals surface area contributed by atoms with Crippen LogP contribution in [0.4, 0.5) is 4.39 Å². The van der Waals surface area contributed by atoms with Gasteiger partial charge in [-0.25, -0.2) is 12.8 Å². The van der Waals surface area contributed by atoms with E-state index in [1.54, 1.807) is 12.1 Å². The lowest BCUT2D eigenvalue weighted by atomic mass is 9.96. The van der Waals surface area contributed by atoms with Crippen LogP contribution in [0.15, 0.2) is 88.9 Å². The number of carbonyl (C=O) groups is 2. The molecule has 3 aromatic carbocycles. The van der Waals surface area contributed by atoms with Crippen molar-refractivity contribution in [3.63, 3.8) is 0 Å². The van der Waals surface area contributed by atoms with Crippen molar-refractivity contribution >= 4 is 28.1 Å². The molecule has 0 aliphatic rings. The van der Waals surface area contributed by atoms with Gasteiger partial charge in [-0.3, -0.25) is 9.59 Å². The Kier molecular flexibility index (Phi) is 15.3. The molecule has 3 aromatic rings. The van der Waals surface area contributed by atoms with E-state index in [2.05, 4.69) is 21.1 Å². The first-order chi connectivity index (χ1) is 23.3. The average Bonchev–Trinajstić information content (AvgIpc) is 3.07. The smallest absolute Gasteiger partial charge is 0.243 e. The van der Waals surface area contributed by atoms with E-state index < -0.39 is 40.0 Å². The normalized spacial score (nSPS) is 14.4. The average molecular weight is 698 g/mol. The van der Waals surface area contributed by atoms with Gasteiger partial charge in [-0.15, -0.1) is 0 Å². The van der Waals surface area contributed by atoms with Crippen molar-refractivity contribution in [2.24, 2.45) is 17.0 Å². The molecule has 0 aliphatic heterocycles. The number of sulfonamides is 1. The third-order valence-corrected chi connectivity index (χ3v) is 9.94. The minimum Gasteiger partial charge on any atom is -0.411 e. The van der Waals surface area contributed by atoms with Gasteiger partial charge >= 0.3 is 0 Å². The first kappa shape index (κ1) is 39.3. The maximum atomic E-state index is 13.8. The highest BCUT2D eigenvalue weighted by Crippen LogP contribution is 2.20. The van der Waals surface area contributed by atoms with Gasteiger partial charge in [0.25, 0.3) is 0 Å². The van der Waals surface area contributed by atoms with E-state index in [0.717, 1.165) is 5.56 Å². The summed E-state index contributed by atoms with van der Waals surface area (Å²) in [5.41, 5.74) is 1.99. The standard InChI is InChI=1S/C36H48FN5O6S/c1-5-26(4)35(41-34(44)22-38-20-29-12-9-13-30(37)18-29)36(45)40-32(19-27-10-7-6-8-11-27)33(43)24-42(23-25(2)3)49(47,48)31-16-14-28(15-17-31)21-39-46/h6-18,21,25-26,32-33,35,38,43,46H,5,19-20,22-24H2,1-4H3,(H,40,45)(H,41,44)/b39-21+/t26-,32-,33+,35-/m0/s1. The summed E-state index contributed by atoms with van der Waals surface area (Å²) < 4.78 is 42.3. The van der Waals surface area contributed by atoms with E-state index in [4.69, 9.17) is 5.21 Å². The van der Waals surface area contributed by atoms with Crippen LogP contribution in [-0.2, 0) is 32.6 Å². The third kappa shape index (κ3) is 12.3. The number of oxime groups is 1. The SMILES string of the molecule is CC[C@H](C)[C@H](NC(=O)CNCc1cccc(F)c1)C(=O)N[C@@H](Cc1ccccc1)[C@H](O)CN(CC(C)C)S(=O)(=O)c1ccc(/C=N/O)cc1. The topological polar surface area (TPSA) is 160 Å².